The van der Waals surface area contributed by atoms with E-state index < -0.39 is 0 Å². The van der Waals surface area contributed by atoms with E-state index in [-0.39, 0.29) is 5.91 Å². The summed E-state index contributed by atoms with van der Waals surface area (Å²) in [6.07, 6.45) is 3.74. The van der Waals surface area contributed by atoms with Crippen molar-refractivity contribution >= 4 is 17.7 Å². The van der Waals surface area contributed by atoms with Gasteiger partial charge in [0.2, 0.25) is 0 Å². The molecule has 2 rings (SSSR count). The van der Waals surface area contributed by atoms with Gasteiger partial charge in [0.05, 0.1) is 11.6 Å². The first kappa shape index (κ1) is 13.0. The first-order chi connectivity index (χ1) is 8.79. The van der Waals surface area contributed by atoms with Crippen LogP contribution in [0.5, 0.6) is 0 Å². The Labute approximate surface area is 112 Å². The van der Waals surface area contributed by atoms with Gasteiger partial charge in [0.15, 0.2) is 0 Å². The zero-order valence-corrected chi connectivity index (χ0v) is 11.0. The van der Waals surface area contributed by atoms with E-state index >= 15 is 0 Å². The maximum atomic E-state index is 11.9. The molecule has 1 atom stereocenters. The Kier molecular flexibility index (Phi) is 4.66. The van der Waals surface area contributed by atoms with Gasteiger partial charge in [-0.05, 0) is 36.8 Å². The monoisotopic (exact) mass is 260 g/mol. The van der Waals surface area contributed by atoms with Crippen LogP contribution in [-0.2, 0) is 0 Å². The molecule has 3 nitrogen and oxygen atoms in total. The van der Waals surface area contributed by atoms with Crippen LogP contribution >= 0.6 is 11.8 Å². The number of nitriles is 1. The van der Waals surface area contributed by atoms with Gasteiger partial charge in [-0.15, -0.1) is 0 Å². The third-order valence-corrected chi connectivity index (χ3v) is 4.42. The predicted octanol–water partition coefficient (Wildman–Crippen LogP) is 2.57. The quantitative estimate of drug-likeness (QED) is 0.908. The van der Waals surface area contributed by atoms with Crippen LogP contribution in [0, 0.1) is 11.3 Å². The zero-order valence-electron chi connectivity index (χ0n) is 10.2. The molecule has 0 aromatic heterocycles. The highest BCUT2D eigenvalue weighted by Gasteiger charge is 2.15. The second-order valence-corrected chi connectivity index (χ2v) is 5.80. The molecule has 1 unspecified atom stereocenters. The fraction of sp³-hybridized carbons (Fsp3) is 0.429. The number of rotatable bonds is 3. The summed E-state index contributed by atoms with van der Waals surface area (Å²) in [6, 6.07) is 8.85. The van der Waals surface area contributed by atoms with Crippen LogP contribution in [-0.4, -0.2) is 23.5 Å². The van der Waals surface area contributed by atoms with Gasteiger partial charge in [-0.1, -0.05) is 12.5 Å². The molecule has 1 aliphatic heterocycles. The van der Waals surface area contributed by atoms with Crippen LogP contribution < -0.4 is 5.32 Å². The summed E-state index contributed by atoms with van der Waals surface area (Å²) in [5, 5.41) is 12.3. The van der Waals surface area contributed by atoms with E-state index in [9.17, 15) is 4.79 Å². The summed E-state index contributed by atoms with van der Waals surface area (Å²) in [6.45, 7) is 0.723. The molecule has 1 heterocycles. The third kappa shape index (κ3) is 3.51. The van der Waals surface area contributed by atoms with Crippen molar-refractivity contribution in [3.8, 4) is 6.07 Å². The molecule has 1 saturated heterocycles. The van der Waals surface area contributed by atoms with E-state index in [0.29, 0.717) is 16.4 Å². The molecule has 1 amide bonds. The van der Waals surface area contributed by atoms with Crippen molar-refractivity contribution in [3.63, 3.8) is 0 Å². The lowest BCUT2D eigenvalue weighted by Gasteiger charge is -2.21. The molecule has 1 aliphatic rings. The molecular formula is C14H16N2OS. The number of amides is 1. The number of thioether (sulfide) groups is 1. The van der Waals surface area contributed by atoms with Crippen molar-refractivity contribution in [2.45, 2.75) is 24.5 Å². The highest BCUT2D eigenvalue weighted by molar-refractivity contribution is 7.99. The summed E-state index contributed by atoms with van der Waals surface area (Å²) >= 11 is 1.94. The fourth-order valence-corrected chi connectivity index (χ4v) is 3.25. The number of carbonyl (C=O) groups excluding carboxylic acids is 1. The Hall–Kier alpha value is -1.47. The molecule has 1 aromatic carbocycles. The second-order valence-electron chi connectivity index (χ2n) is 4.39. The average molecular weight is 260 g/mol. The lowest BCUT2D eigenvalue weighted by Crippen LogP contribution is -2.31. The molecule has 1 N–H and O–H groups in total. The molecule has 0 aliphatic carbocycles. The fourth-order valence-electron chi connectivity index (χ4n) is 2.01. The number of nitrogens with zero attached hydrogens (tertiary/aromatic N) is 1. The van der Waals surface area contributed by atoms with Crippen LogP contribution in [0.15, 0.2) is 24.3 Å². The van der Waals surface area contributed by atoms with Crippen LogP contribution in [0.1, 0.15) is 35.2 Å². The van der Waals surface area contributed by atoms with Crippen molar-refractivity contribution < 1.29 is 4.79 Å². The lowest BCUT2D eigenvalue weighted by molar-refractivity contribution is 0.0953. The maximum Gasteiger partial charge on any atom is 0.251 e. The number of carbonyl (C=O) groups is 1. The molecule has 1 aromatic rings. The van der Waals surface area contributed by atoms with Gasteiger partial charge in [-0.3, -0.25) is 4.79 Å². The van der Waals surface area contributed by atoms with Gasteiger partial charge in [-0.25, -0.2) is 0 Å². The summed E-state index contributed by atoms with van der Waals surface area (Å²) in [5.41, 5.74) is 1.09. The minimum absolute atomic E-state index is 0.0849. The highest BCUT2D eigenvalue weighted by Crippen LogP contribution is 2.24. The molecule has 1 fully saturated rings. The molecule has 94 valence electrons. The normalized spacial score (nSPS) is 18.9. The van der Waals surface area contributed by atoms with Crippen molar-refractivity contribution in [2.75, 3.05) is 12.3 Å². The van der Waals surface area contributed by atoms with E-state index in [0.717, 1.165) is 6.54 Å². The topological polar surface area (TPSA) is 52.9 Å². The SMILES string of the molecule is N#Cc1cccc(C(=O)NCC2CCCCS2)c1. The second kappa shape index (κ2) is 6.46. The standard InChI is InChI=1S/C14H16N2OS/c15-9-11-4-3-5-12(8-11)14(17)16-10-13-6-1-2-7-18-13/h3-5,8,13H,1-2,6-7,10H2,(H,16,17). The van der Waals surface area contributed by atoms with E-state index in [1.165, 1.54) is 25.0 Å². The van der Waals surface area contributed by atoms with Gasteiger partial charge in [0, 0.05) is 17.4 Å². The van der Waals surface area contributed by atoms with Crippen LogP contribution in [0.25, 0.3) is 0 Å². The average Bonchev–Trinajstić information content (AvgIpc) is 2.46. The molecule has 4 heteroatoms. The van der Waals surface area contributed by atoms with Gasteiger partial charge < -0.3 is 5.32 Å². The van der Waals surface area contributed by atoms with Crippen LogP contribution in [0.4, 0.5) is 0 Å². The minimum atomic E-state index is -0.0849. The van der Waals surface area contributed by atoms with Crippen molar-refractivity contribution in [1.29, 1.82) is 5.26 Å². The zero-order chi connectivity index (χ0) is 12.8. The van der Waals surface area contributed by atoms with Crippen molar-refractivity contribution in [3.05, 3.63) is 35.4 Å². The van der Waals surface area contributed by atoms with E-state index in [2.05, 4.69) is 5.32 Å². The van der Waals surface area contributed by atoms with E-state index in [1.54, 1.807) is 24.3 Å². The summed E-state index contributed by atoms with van der Waals surface area (Å²) < 4.78 is 0. The Balaban J connectivity index is 1.89. The maximum absolute atomic E-state index is 11.9. The Morgan fingerprint density at radius 1 is 1.50 bits per heavy atom. The van der Waals surface area contributed by atoms with E-state index in [4.69, 9.17) is 5.26 Å². The first-order valence-corrected chi connectivity index (χ1v) is 7.24. The molecule has 0 bridgehead atoms. The minimum Gasteiger partial charge on any atom is -0.351 e. The molecule has 18 heavy (non-hydrogen) atoms. The van der Waals surface area contributed by atoms with Crippen LogP contribution in [0.3, 0.4) is 0 Å². The number of hydrogen-bond donors (Lipinski definition) is 1. The van der Waals surface area contributed by atoms with Gasteiger partial charge in [-0.2, -0.15) is 17.0 Å². The Bertz CT molecular complexity index is 461. The molecule has 0 spiro atoms. The molecular weight excluding hydrogens is 244 g/mol. The lowest BCUT2D eigenvalue weighted by atomic mass is 10.1. The number of benzene rings is 1. The number of nitrogens with one attached hydrogen (secondary N) is 1. The summed E-state index contributed by atoms with van der Waals surface area (Å²) in [5.74, 6) is 1.11. The first-order valence-electron chi connectivity index (χ1n) is 6.19. The van der Waals surface area contributed by atoms with Crippen LogP contribution in [0.2, 0.25) is 0 Å². The van der Waals surface area contributed by atoms with E-state index in [1.807, 2.05) is 17.8 Å². The third-order valence-electron chi connectivity index (χ3n) is 3.02. The Morgan fingerprint density at radius 2 is 2.39 bits per heavy atom. The van der Waals surface area contributed by atoms with Crippen molar-refractivity contribution in [1.82, 2.24) is 5.32 Å². The predicted molar refractivity (Wildman–Crippen MR) is 73.6 cm³/mol. The van der Waals surface area contributed by atoms with Crippen molar-refractivity contribution in [2.24, 2.45) is 0 Å². The number of hydrogen-bond acceptors (Lipinski definition) is 3. The van der Waals surface area contributed by atoms with Gasteiger partial charge >= 0.3 is 0 Å². The summed E-state index contributed by atoms with van der Waals surface area (Å²) in [4.78, 5) is 11.9. The van der Waals surface area contributed by atoms with Gasteiger partial charge in [0.1, 0.15) is 0 Å². The van der Waals surface area contributed by atoms with Gasteiger partial charge in [0.25, 0.3) is 5.91 Å². The largest absolute Gasteiger partial charge is 0.351 e. The molecule has 0 saturated carbocycles. The molecule has 0 radical (unpaired) electrons. The smallest absolute Gasteiger partial charge is 0.251 e. The highest BCUT2D eigenvalue weighted by atomic mass is 32.2. The Morgan fingerprint density at radius 3 is 3.11 bits per heavy atom. The summed E-state index contributed by atoms with van der Waals surface area (Å²) in [7, 11) is 0.